The molecule has 0 aromatic heterocycles. The highest BCUT2D eigenvalue weighted by Gasteiger charge is 2.35. The summed E-state index contributed by atoms with van der Waals surface area (Å²) in [6, 6.07) is 6.43. The van der Waals surface area contributed by atoms with Gasteiger partial charge in [-0.15, -0.1) is 0 Å². The van der Waals surface area contributed by atoms with Gasteiger partial charge in [-0.25, -0.2) is 0 Å². The van der Waals surface area contributed by atoms with Gasteiger partial charge in [0.1, 0.15) is 0 Å². The van der Waals surface area contributed by atoms with Crippen LogP contribution in [-0.4, -0.2) is 11.9 Å². The van der Waals surface area contributed by atoms with Gasteiger partial charge in [-0.2, -0.15) is 0 Å². The highest BCUT2D eigenvalue weighted by Crippen LogP contribution is 2.38. The van der Waals surface area contributed by atoms with Crippen molar-refractivity contribution in [1.82, 2.24) is 10.6 Å². The van der Waals surface area contributed by atoms with Gasteiger partial charge in [0.25, 0.3) is 5.91 Å². The number of rotatable bonds is 2. The van der Waals surface area contributed by atoms with Crippen molar-refractivity contribution in [3.05, 3.63) is 34.9 Å². The molecule has 3 heteroatoms. The summed E-state index contributed by atoms with van der Waals surface area (Å²) < 4.78 is 0. The predicted octanol–water partition coefficient (Wildman–Crippen LogP) is 3.62. The number of carbonyl (C=O) groups excluding carboxylic acids is 1. The van der Waals surface area contributed by atoms with Crippen LogP contribution in [0.15, 0.2) is 18.2 Å². The molecule has 2 N–H and O–H groups in total. The quantitative estimate of drug-likeness (QED) is 0.876. The molecule has 0 radical (unpaired) electrons. The molecule has 2 unspecified atom stereocenters. The SMILES string of the molecule is CC(C)(C)C1CCCCC1NC(=O)c1ccc2c(c1)CNC2. The third-order valence-corrected chi connectivity index (χ3v) is 5.29. The maximum absolute atomic E-state index is 12.7. The van der Waals surface area contributed by atoms with Crippen molar-refractivity contribution in [3.8, 4) is 0 Å². The van der Waals surface area contributed by atoms with E-state index in [1.54, 1.807) is 0 Å². The molecule has 1 fully saturated rings. The minimum Gasteiger partial charge on any atom is -0.349 e. The van der Waals surface area contributed by atoms with E-state index in [0.717, 1.165) is 25.1 Å². The van der Waals surface area contributed by atoms with Crippen molar-refractivity contribution in [2.24, 2.45) is 11.3 Å². The Morgan fingerprint density at radius 1 is 1.14 bits per heavy atom. The van der Waals surface area contributed by atoms with Gasteiger partial charge in [0.2, 0.25) is 0 Å². The maximum Gasteiger partial charge on any atom is 0.251 e. The zero-order valence-electron chi connectivity index (χ0n) is 14.0. The molecular weight excluding hydrogens is 272 g/mol. The fourth-order valence-electron chi connectivity index (χ4n) is 4.03. The summed E-state index contributed by atoms with van der Waals surface area (Å²) in [6.07, 6.45) is 4.85. The molecule has 0 spiro atoms. The van der Waals surface area contributed by atoms with Gasteiger partial charge in [0.05, 0.1) is 0 Å². The highest BCUT2D eigenvalue weighted by molar-refractivity contribution is 5.94. The largest absolute Gasteiger partial charge is 0.349 e. The van der Waals surface area contributed by atoms with Gasteiger partial charge in [-0.05, 0) is 47.4 Å². The highest BCUT2D eigenvalue weighted by atomic mass is 16.1. The molecular formula is C19H28N2O. The third-order valence-electron chi connectivity index (χ3n) is 5.29. The number of amides is 1. The van der Waals surface area contributed by atoms with Gasteiger partial charge in [0.15, 0.2) is 0 Å². The smallest absolute Gasteiger partial charge is 0.251 e. The van der Waals surface area contributed by atoms with Gasteiger partial charge < -0.3 is 10.6 Å². The molecule has 1 aliphatic heterocycles. The van der Waals surface area contributed by atoms with Crippen LogP contribution in [0.1, 0.15) is 67.9 Å². The first-order valence-electron chi connectivity index (χ1n) is 8.58. The van der Waals surface area contributed by atoms with E-state index in [0.29, 0.717) is 12.0 Å². The lowest BCUT2D eigenvalue weighted by molar-refractivity contribution is 0.0830. The second-order valence-corrected chi connectivity index (χ2v) is 7.92. The van der Waals surface area contributed by atoms with Crippen molar-refractivity contribution in [1.29, 1.82) is 0 Å². The standard InChI is InChI=1S/C19H28N2O/c1-19(2,3)16-6-4-5-7-17(16)21-18(22)13-8-9-14-11-20-12-15(14)10-13/h8-10,16-17,20H,4-7,11-12H2,1-3H3,(H,21,22). The number of hydrogen-bond donors (Lipinski definition) is 2. The van der Waals surface area contributed by atoms with Crippen molar-refractivity contribution in [3.63, 3.8) is 0 Å². The van der Waals surface area contributed by atoms with Gasteiger partial charge in [-0.1, -0.05) is 39.7 Å². The van der Waals surface area contributed by atoms with Crippen LogP contribution >= 0.6 is 0 Å². The Hall–Kier alpha value is -1.35. The Morgan fingerprint density at radius 2 is 1.86 bits per heavy atom. The first-order chi connectivity index (χ1) is 10.4. The van der Waals surface area contributed by atoms with Crippen molar-refractivity contribution >= 4 is 5.91 Å². The molecule has 2 atom stereocenters. The summed E-state index contributed by atoms with van der Waals surface area (Å²) in [5.41, 5.74) is 3.64. The average molecular weight is 300 g/mol. The molecule has 3 nitrogen and oxygen atoms in total. The number of hydrogen-bond acceptors (Lipinski definition) is 2. The lowest BCUT2D eigenvalue weighted by Gasteiger charge is -2.40. The molecule has 2 aliphatic rings. The normalized spacial score (nSPS) is 24.9. The van der Waals surface area contributed by atoms with Gasteiger partial charge >= 0.3 is 0 Å². The molecule has 0 bridgehead atoms. The van der Waals surface area contributed by atoms with Gasteiger partial charge in [-0.3, -0.25) is 4.79 Å². The minimum absolute atomic E-state index is 0.0934. The fourth-order valence-corrected chi connectivity index (χ4v) is 4.03. The Labute approximate surface area is 133 Å². The molecule has 1 aromatic carbocycles. The van der Waals surface area contributed by atoms with Crippen molar-refractivity contribution in [2.75, 3.05) is 0 Å². The van der Waals surface area contributed by atoms with E-state index >= 15 is 0 Å². The summed E-state index contributed by atoms with van der Waals surface area (Å²) in [7, 11) is 0. The number of carbonyl (C=O) groups is 1. The molecule has 1 aromatic rings. The van der Waals surface area contributed by atoms with Crippen LogP contribution in [0.4, 0.5) is 0 Å². The van der Waals surface area contributed by atoms with Crippen LogP contribution in [-0.2, 0) is 13.1 Å². The molecule has 1 saturated carbocycles. The Kier molecular flexibility index (Phi) is 4.26. The summed E-state index contributed by atoms with van der Waals surface area (Å²) in [4.78, 5) is 12.7. The zero-order chi connectivity index (χ0) is 15.7. The number of nitrogens with one attached hydrogen (secondary N) is 2. The van der Waals surface area contributed by atoms with E-state index < -0.39 is 0 Å². The monoisotopic (exact) mass is 300 g/mol. The Morgan fingerprint density at radius 3 is 2.64 bits per heavy atom. The van der Waals surface area contributed by atoms with E-state index in [9.17, 15) is 4.79 Å². The molecule has 3 rings (SSSR count). The average Bonchev–Trinajstić information content (AvgIpc) is 2.94. The Bertz CT molecular complexity index is 559. The number of fused-ring (bicyclic) bond motifs is 1. The number of benzene rings is 1. The molecule has 1 aliphatic carbocycles. The van der Waals surface area contributed by atoms with Gasteiger partial charge in [0, 0.05) is 24.7 Å². The summed E-state index contributed by atoms with van der Waals surface area (Å²) >= 11 is 0. The van der Waals surface area contributed by atoms with E-state index in [1.807, 2.05) is 6.07 Å². The third kappa shape index (κ3) is 3.19. The van der Waals surface area contributed by atoms with Crippen LogP contribution in [0.2, 0.25) is 0 Å². The summed E-state index contributed by atoms with van der Waals surface area (Å²) in [5, 5.41) is 6.65. The lowest BCUT2D eigenvalue weighted by Crippen LogP contribution is -2.46. The topological polar surface area (TPSA) is 41.1 Å². The minimum atomic E-state index is 0.0934. The van der Waals surface area contributed by atoms with Crippen LogP contribution in [0.3, 0.4) is 0 Å². The first kappa shape index (κ1) is 15.5. The lowest BCUT2D eigenvalue weighted by atomic mass is 9.69. The molecule has 0 saturated heterocycles. The second-order valence-electron chi connectivity index (χ2n) is 7.92. The predicted molar refractivity (Wildman–Crippen MR) is 89.7 cm³/mol. The fraction of sp³-hybridized carbons (Fsp3) is 0.632. The molecule has 1 heterocycles. The van der Waals surface area contributed by atoms with Crippen LogP contribution in [0, 0.1) is 11.3 Å². The first-order valence-corrected chi connectivity index (χ1v) is 8.58. The summed E-state index contributed by atoms with van der Waals surface area (Å²) in [6.45, 7) is 8.69. The second kappa shape index (κ2) is 6.04. The van der Waals surface area contributed by atoms with Crippen LogP contribution in [0.25, 0.3) is 0 Å². The molecule has 1 amide bonds. The van der Waals surface area contributed by atoms with Crippen molar-refractivity contribution in [2.45, 2.75) is 65.6 Å². The molecule has 120 valence electrons. The van der Waals surface area contributed by atoms with Crippen molar-refractivity contribution < 1.29 is 4.79 Å². The summed E-state index contributed by atoms with van der Waals surface area (Å²) in [5.74, 6) is 0.664. The maximum atomic E-state index is 12.7. The van der Waals surface area contributed by atoms with Crippen LogP contribution in [0.5, 0.6) is 0 Å². The molecule has 22 heavy (non-hydrogen) atoms. The van der Waals surface area contributed by atoms with E-state index in [-0.39, 0.29) is 11.3 Å². The van der Waals surface area contributed by atoms with Crippen LogP contribution < -0.4 is 10.6 Å². The zero-order valence-corrected chi connectivity index (χ0v) is 14.0. The van der Waals surface area contributed by atoms with E-state index in [4.69, 9.17) is 0 Å². The van der Waals surface area contributed by atoms with E-state index in [1.165, 1.54) is 30.4 Å². The van der Waals surface area contributed by atoms with E-state index in [2.05, 4.69) is 43.5 Å². The Balaban J connectivity index is 1.72.